The van der Waals surface area contributed by atoms with E-state index in [4.69, 9.17) is 5.73 Å². The molecule has 0 bridgehead atoms. The number of primary amides is 1. The van der Waals surface area contributed by atoms with Crippen LogP contribution in [0.3, 0.4) is 0 Å². The molecule has 152 valence electrons. The number of carbonyl (C=O) groups excluding carboxylic acids is 2. The number of fused-ring (bicyclic) bond motifs is 1. The highest BCUT2D eigenvalue weighted by Gasteiger charge is 2.23. The Morgan fingerprint density at radius 3 is 2.24 bits per heavy atom. The molecule has 0 saturated carbocycles. The van der Waals surface area contributed by atoms with Crippen molar-refractivity contribution in [2.45, 2.75) is 6.92 Å². The summed E-state index contributed by atoms with van der Waals surface area (Å²) in [5.74, 6) is -0.672. The summed E-state index contributed by atoms with van der Waals surface area (Å²) in [6, 6.07) is 13.3. The molecular weight excluding hydrogens is 371 g/mol. The molecule has 2 aromatic carbocycles. The van der Waals surface area contributed by atoms with Crippen molar-refractivity contribution < 1.29 is 14.0 Å². The van der Waals surface area contributed by atoms with Gasteiger partial charge in [0, 0.05) is 37.8 Å². The first-order valence-corrected chi connectivity index (χ1v) is 9.63. The molecule has 3 N–H and O–H groups in total. The lowest BCUT2D eigenvalue weighted by atomic mass is 10.1. The predicted octanol–water partition coefficient (Wildman–Crippen LogP) is 2.87. The van der Waals surface area contributed by atoms with E-state index in [2.05, 4.69) is 16.8 Å². The number of benzene rings is 2. The van der Waals surface area contributed by atoms with E-state index in [0.29, 0.717) is 22.0 Å². The SMILES string of the molecule is CCN1CCN(C(=O)c2cccc3c(C(N)=O)c[nH]c23)CC1.Fc1ccccc1. The fourth-order valence-electron chi connectivity index (χ4n) is 3.39. The largest absolute Gasteiger partial charge is 0.366 e. The third kappa shape index (κ3) is 4.81. The molecule has 7 heteroatoms. The minimum Gasteiger partial charge on any atom is -0.366 e. The maximum absolute atomic E-state index is 12.8. The zero-order chi connectivity index (χ0) is 20.8. The summed E-state index contributed by atoms with van der Waals surface area (Å²) >= 11 is 0. The number of halogens is 1. The molecule has 6 nitrogen and oxygen atoms in total. The molecule has 3 aromatic rings. The Hall–Kier alpha value is -3.19. The van der Waals surface area contributed by atoms with Crippen molar-refractivity contribution in [1.29, 1.82) is 0 Å². The Morgan fingerprint density at radius 2 is 1.69 bits per heavy atom. The van der Waals surface area contributed by atoms with E-state index in [-0.39, 0.29) is 11.7 Å². The molecule has 0 spiro atoms. The number of para-hydroxylation sites is 1. The van der Waals surface area contributed by atoms with Crippen LogP contribution in [0.1, 0.15) is 27.6 Å². The van der Waals surface area contributed by atoms with Crippen molar-refractivity contribution >= 4 is 22.7 Å². The highest BCUT2D eigenvalue weighted by atomic mass is 19.1. The molecule has 0 atom stereocenters. The number of aromatic nitrogens is 1. The van der Waals surface area contributed by atoms with Gasteiger partial charge in [-0.25, -0.2) is 4.39 Å². The van der Waals surface area contributed by atoms with Crippen molar-refractivity contribution in [2.24, 2.45) is 5.73 Å². The number of piperazine rings is 1. The molecule has 0 radical (unpaired) electrons. The van der Waals surface area contributed by atoms with Crippen molar-refractivity contribution in [3.8, 4) is 0 Å². The maximum atomic E-state index is 12.8. The van der Waals surface area contributed by atoms with E-state index in [0.717, 1.165) is 32.7 Å². The summed E-state index contributed by atoms with van der Waals surface area (Å²) in [7, 11) is 0. The molecular formula is C22H25FN4O2. The molecule has 2 heterocycles. The second-order valence-electron chi connectivity index (χ2n) is 6.82. The van der Waals surface area contributed by atoms with Gasteiger partial charge < -0.3 is 20.5 Å². The quantitative estimate of drug-likeness (QED) is 0.714. The van der Waals surface area contributed by atoms with Crippen LogP contribution in [0.2, 0.25) is 0 Å². The first kappa shape index (κ1) is 20.5. The first-order chi connectivity index (χ1) is 14.0. The van der Waals surface area contributed by atoms with Crippen LogP contribution in [0.4, 0.5) is 4.39 Å². The third-order valence-corrected chi connectivity index (χ3v) is 5.05. The normalized spacial score (nSPS) is 14.3. The molecule has 1 saturated heterocycles. The highest BCUT2D eigenvalue weighted by molar-refractivity contribution is 6.12. The fourth-order valence-corrected chi connectivity index (χ4v) is 3.39. The molecule has 0 unspecified atom stereocenters. The van der Waals surface area contributed by atoms with Crippen LogP contribution in [0.25, 0.3) is 10.9 Å². The van der Waals surface area contributed by atoms with Crippen molar-refractivity contribution in [3.05, 3.63) is 71.7 Å². The fraction of sp³-hybridized carbons (Fsp3) is 0.273. The summed E-state index contributed by atoms with van der Waals surface area (Å²) in [6.45, 7) is 6.39. The second-order valence-corrected chi connectivity index (χ2v) is 6.82. The summed E-state index contributed by atoms with van der Waals surface area (Å²) in [5, 5.41) is 0.700. The highest BCUT2D eigenvalue weighted by Crippen LogP contribution is 2.23. The molecule has 2 amide bonds. The Kier molecular flexibility index (Phi) is 6.61. The van der Waals surface area contributed by atoms with Gasteiger partial charge in [-0.05, 0) is 24.7 Å². The van der Waals surface area contributed by atoms with Gasteiger partial charge in [-0.3, -0.25) is 9.59 Å². The van der Waals surface area contributed by atoms with Gasteiger partial charge >= 0.3 is 0 Å². The lowest BCUT2D eigenvalue weighted by Gasteiger charge is -2.34. The van der Waals surface area contributed by atoms with Crippen LogP contribution < -0.4 is 5.73 Å². The van der Waals surface area contributed by atoms with Crippen LogP contribution in [-0.2, 0) is 0 Å². The number of carbonyl (C=O) groups is 2. The minimum absolute atomic E-state index is 0.000719. The van der Waals surface area contributed by atoms with E-state index < -0.39 is 5.91 Å². The van der Waals surface area contributed by atoms with Gasteiger partial charge in [0.25, 0.3) is 11.8 Å². The number of hydrogen-bond acceptors (Lipinski definition) is 3. The minimum atomic E-state index is -0.493. The Bertz CT molecular complexity index is 979. The Morgan fingerprint density at radius 1 is 1.00 bits per heavy atom. The maximum Gasteiger partial charge on any atom is 0.256 e. The smallest absolute Gasteiger partial charge is 0.256 e. The average molecular weight is 396 g/mol. The van der Waals surface area contributed by atoms with E-state index in [1.54, 1.807) is 42.6 Å². The molecule has 4 rings (SSSR count). The summed E-state index contributed by atoms with van der Waals surface area (Å²) in [4.78, 5) is 31.4. The van der Waals surface area contributed by atoms with Gasteiger partial charge in [0.15, 0.2) is 0 Å². The monoisotopic (exact) mass is 396 g/mol. The summed E-state index contributed by atoms with van der Waals surface area (Å²) < 4.78 is 11.9. The van der Waals surface area contributed by atoms with Crippen molar-refractivity contribution in [2.75, 3.05) is 32.7 Å². The number of likely N-dealkylation sites (N-methyl/N-ethyl adjacent to an activating group) is 1. The molecule has 29 heavy (non-hydrogen) atoms. The van der Waals surface area contributed by atoms with Crippen molar-refractivity contribution in [3.63, 3.8) is 0 Å². The second kappa shape index (κ2) is 9.34. The Labute approximate surface area is 169 Å². The number of rotatable bonds is 3. The van der Waals surface area contributed by atoms with Gasteiger partial charge in [-0.2, -0.15) is 0 Å². The standard InChI is InChI=1S/C16H20N4O2.C6H5F/c1-2-19-6-8-20(9-7-19)16(22)12-5-3-4-11-13(15(17)21)10-18-14(11)12;7-6-4-2-1-3-5-6/h3-5,10,18H,2,6-9H2,1H3,(H2,17,21);1-5H. The molecule has 1 aliphatic heterocycles. The number of hydrogen-bond donors (Lipinski definition) is 2. The Balaban J connectivity index is 0.000000290. The average Bonchev–Trinajstić information content (AvgIpc) is 3.19. The third-order valence-electron chi connectivity index (χ3n) is 5.05. The number of aromatic amines is 1. The van der Waals surface area contributed by atoms with Gasteiger partial charge in [-0.15, -0.1) is 0 Å². The van der Waals surface area contributed by atoms with Gasteiger partial charge in [0.2, 0.25) is 0 Å². The predicted molar refractivity (Wildman–Crippen MR) is 111 cm³/mol. The van der Waals surface area contributed by atoms with E-state index >= 15 is 0 Å². The summed E-state index contributed by atoms with van der Waals surface area (Å²) in [6.07, 6.45) is 1.57. The zero-order valence-corrected chi connectivity index (χ0v) is 16.4. The lowest BCUT2D eigenvalue weighted by Crippen LogP contribution is -2.48. The first-order valence-electron chi connectivity index (χ1n) is 9.63. The topological polar surface area (TPSA) is 82.4 Å². The number of nitrogens with zero attached hydrogens (tertiary/aromatic N) is 2. The number of amides is 2. The van der Waals surface area contributed by atoms with Crippen molar-refractivity contribution in [1.82, 2.24) is 14.8 Å². The lowest BCUT2D eigenvalue weighted by molar-refractivity contribution is 0.0645. The zero-order valence-electron chi connectivity index (χ0n) is 16.4. The number of H-pyrrole nitrogens is 1. The van der Waals surface area contributed by atoms with Crippen LogP contribution in [0.15, 0.2) is 54.7 Å². The van der Waals surface area contributed by atoms with Gasteiger partial charge in [0.05, 0.1) is 16.6 Å². The van der Waals surface area contributed by atoms with Crippen LogP contribution in [0.5, 0.6) is 0 Å². The van der Waals surface area contributed by atoms with Crippen LogP contribution in [0, 0.1) is 5.82 Å². The van der Waals surface area contributed by atoms with Crippen LogP contribution in [-0.4, -0.2) is 59.3 Å². The van der Waals surface area contributed by atoms with E-state index in [1.807, 2.05) is 4.90 Å². The number of nitrogens with one attached hydrogen (secondary N) is 1. The van der Waals surface area contributed by atoms with Gasteiger partial charge in [-0.1, -0.05) is 37.3 Å². The molecule has 1 aromatic heterocycles. The van der Waals surface area contributed by atoms with E-state index in [9.17, 15) is 14.0 Å². The summed E-state index contributed by atoms with van der Waals surface area (Å²) in [5.41, 5.74) is 7.05. The number of nitrogens with two attached hydrogens (primary N) is 1. The van der Waals surface area contributed by atoms with E-state index in [1.165, 1.54) is 12.1 Å². The molecule has 1 fully saturated rings. The molecule has 1 aliphatic rings. The molecule has 0 aliphatic carbocycles. The van der Waals surface area contributed by atoms with Crippen LogP contribution >= 0.6 is 0 Å². The van der Waals surface area contributed by atoms with Gasteiger partial charge in [0.1, 0.15) is 5.82 Å².